The molecule has 1 heterocycles. The standard InChI is InChI=1S/C10H15N3O2/c1-4-13(5-2)9-7-11-8(6-12-9)10(14)15-3/h6-7H,4-5H2,1-3H3. The highest BCUT2D eigenvalue weighted by atomic mass is 16.5. The Morgan fingerprint density at radius 2 is 2.00 bits per heavy atom. The van der Waals surface area contributed by atoms with Gasteiger partial charge in [-0.05, 0) is 13.8 Å². The van der Waals surface area contributed by atoms with E-state index in [1.807, 2.05) is 18.7 Å². The first kappa shape index (κ1) is 11.4. The van der Waals surface area contributed by atoms with Crippen LogP contribution in [0.4, 0.5) is 5.82 Å². The second-order valence-electron chi connectivity index (χ2n) is 2.92. The van der Waals surface area contributed by atoms with Gasteiger partial charge in [0.15, 0.2) is 5.69 Å². The monoisotopic (exact) mass is 209 g/mol. The van der Waals surface area contributed by atoms with E-state index >= 15 is 0 Å². The van der Waals surface area contributed by atoms with Crippen LogP contribution in [0.15, 0.2) is 12.4 Å². The van der Waals surface area contributed by atoms with Gasteiger partial charge in [0.2, 0.25) is 0 Å². The molecule has 5 nitrogen and oxygen atoms in total. The molecule has 15 heavy (non-hydrogen) atoms. The van der Waals surface area contributed by atoms with Gasteiger partial charge in [0.25, 0.3) is 0 Å². The van der Waals surface area contributed by atoms with E-state index in [2.05, 4.69) is 14.7 Å². The molecule has 0 radical (unpaired) electrons. The SMILES string of the molecule is CCN(CC)c1cnc(C(=O)OC)cn1. The fourth-order valence-corrected chi connectivity index (χ4v) is 1.24. The third-order valence-electron chi connectivity index (χ3n) is 2.12. The van der Waals surface area contributed by atoms with Crippen LogP contribution in [0.25, 0.3) is 0 Å². The summed E-state index contributed by atoms with van der Waals surface area (Å²) in [7, 11) is 1.32. The molecule has 0 aliphatic heterocycles. The fraction of sp³-hybridized carbons (Fsp3) is 0.500. The largest absolute Gasteiger partial charge is 0.464 e. The lowest BCUT2D eigenvalue weighted by Crippen LogP contribution is -2.23. The van der Waals surface area contributed by atoms with Gasteiger partial charge in [0.05, 0.1) is 19.5 Å². The van der Waals surface area contributed by atoms with E-state index in [0.717, 1.165) is 18.9 Å². The minimum Gasteiger partial charge on any atom is -0.464 e. The Morgan fingerprint density at radius 1 is 1.33 bits per heavy atom. The van der Waals surface area contributed by atoms with E-state index in [4.69, 9.17) is 0 Å². The Labute approximate surface area is 89.1 Å². The van der Waals surface area contributed by atoms with Crippen molar-refractivity contribution in [3.05, 3.63) is 18.1 Å². The predicted molar refractivity (Wildman–Crippen MR) is 56.9 cm³/mol. The van der Waals surface area contributed by atoms with Crippen molar-refractivity contribution in [2.24, 2.45) is 0 Å². The lowest BCUT2D eigenvalue weighted by Gasteiger charge is -2.18. The molecule has 1 rings (SSSR count). The Morgan fingerprint density at radius 3 is 2.40 bits per heavy atom. The van der Waals surface area contributed by atoms with Gasteiger partial charge in [0, 0.05) is 13.1 Å². The second kappa shape index (κ2) is 5.29. The highest BCUT2D eigenvalue weighted by molar-refractivity contribution is 5.86. The third-order valence-corrected chi connectivity index (χ3v) is 2.12. The van der Waals surface area contributed by atoms with Crippen molar-refractivity contribution in [2.45, 2.75) is 13.8 Å². The molecule has 0 unspecified atom stereocenters. The number of rotatable bonds is 4. The third kappa shape index (κ3) is 2.65. The molecule has 0 amide bonds. The number of esters is 1. The van der Waals surface area contributed by atoms with Crippen LogP contribution in [0.5, 0.6) is 0 Å². The summed E-state index contributed by atoms with van der Waals surface area (Å²) >= 11 is 0. The molecule has 0 fully saturated rings. The summed E-state index contributed by atoms with van der Waals surface area (Å²) in [6.07, 6.45) is 3.01. The molecule has 0 aliphatic rings. The van der Waals surface area contributed by atoms with E-state index in [-0.39, 0.29) is 5.69 Å². The molecular weight excluding hydrogens is 194 g/mol. The molecular formula is C10H15N3O2. The van der Waals surface area contributed by atoms with E-state index in [1.165, 1.54) is 13.3 Å². The maximum atomic E-state index is 11.1. The minimum atomic E-state index is -0.464. The van der Waals surface area contributed by atoms with Crippen LogP contribution in [0.2, 0.25) is 0 Å². The van der Waals surface area contributed by atoms with Crippen LogP contribution >= 0.6 is 0 Å². The van der Waals surface area contributed by atoms with Gasteiger partial charge in [-0.2, -0.15) is 0 Å². The van der Waals surface area contributed by atoms with Crippen LogP contribution in [0.1, 0.15) is 24.3 Å². The van der Waals surface area contributed by atoms with Crippen LogP contribution in [-0.2, 0) is 4.74 Å². The van der Waals surface area contributed by atoms with Crippen molar-refractivity contribution in [3.63, 3.8) is 0 Å². The van der Waals surface area contributed by atoms with Crippen molar-refractivity contribution < 1.29 is 9.53 Å². The van der Waals surface area contributed by atoms with Crippen LogP contribution in [0.3, 0.4) is 0 Å². The van der Waals surface area contributed by atoms with E-state index in [1.54, 1.807) is 6.20 Å². The Balaban J connectivity index is 2.84. The quantitative estimate of drug-likeness (QED) is 0.695. The van der Waals surface area contributed by atoms with Gasteiger partial charge in [0.1, 0.15) is 5.82 Å². The zero-order valence-corrected chi connectivity index (χ0v) is 9.23. The molecule has 0 saturated heterocycles. The topological polar surface area (TPSA) is 55.3 Å². The van der Waals surface area contributed by atoms with Crippen molar-refractivity contribution in [1.82, 2.24) is 9.97 Å². The molecule has 0 spiro atoms. The highest BCUT2D eigenvalue weighted by Gasteiger charge is 2.09. The zero-order chi connectivity index (χ0) is 11.3. The summed E-state index contributed by atoms with van der Waals surface area (Å²) in [5.74, 6) is 0.307. The van der Waals surface area contributed by atoms with Gasteiger partial charge >= 0.3 is 5.97 Å². The lowest BCUT2D eigenvalue weighted by molar-refractivity contribution is 0.0593. The van der Waals surface area contributed by atoms with Crippen LogP contribution in [-0.4, -0.2) is 36.1 Å². The molecule has 0 saturated carbocycles. The minimum absolute atomic E-state index is 0.230. The predicted octanol–water partition coefficient (Wildman–Crippen LogP) is 1.11. The number of anilines is 1. The molecule has 1 aromatic heterocycles. The average molecular weight is 209 g/mol. The smallest absolute Gasteiger partial charge is 0.358 e. The molecule has 0 aromatic carbocycles. The summed E-state index contributed by atoms with van der Waals surface area (Å²) in [4.78, 5) is 21.3. The van der Waals surface area contributed by atoms with Crippen molar-refractivity contribution >= 4 is 11.8 Å². The van der Waals surface area contributed by atoms with Crippen LogP contribution in [0, 0.1) is 0 Å². The summed E-state index contributed by atoms with van der Waals surface area (Å²) in [6.45, 7) is 5.81. The average Bonchev–Trinajstić information content (AvgIpc) is 2.30. The molecule has 0 aliphatic carbocycles. The van der Waals surface area contributed by atoms with E-state index in [9.17, 15) is 4.79 Å². The Bertz CT molecular complexity index is 320. The number of hydrogen-bond acceptors (Lipinski definition) is 5. The Hall–Kier alpha value is -1.65. The molecule has 5 heteroatoms. The van der Waals surface area contributed by atoms with Gasteiger partial charge in [-0.15, -0.1) is 0 Å². The van der Waals surface area contributed by atoms with Gasteiger partial charge in [-0.1, -0.05) is 0 Å². The fourth-order valence-electron chi connectivity index (χ4n) is 1.24. The molecule has 1 aromatic rings. The van der Waals surface area contributed by atoms with E-state index < -0.39 is 5.97 Å². The van der Waals surface area contributed by atoms with Crippen molar-refractivity contribution in [2.75, 3.05) is 25.1 Å². The number of aromatic nitrogens is 2. The van der Waals surface area contributed by atoms with Crippen molar-refractivity contribution in [3.8, 4) is 0 Å². The number of carbonyl (C=O) groups is 1. The van der Waals surface area contributed by atoms with E-state index in [0.29, 0.717) is 0 Å². The highest BCUT2D eigenvalue weighted by Crippen LogP contribution is 2.08. The van der Waals surface area contributed by atoms with Gasteiger partial charge < -0.3 is 9.64 Å². The molecule has 0 atom stereocenters. The summed E-state index contributed by atoms with van der Waals surface area (Å²) in [5, 5.41) is 0. The first-order chi connectivity index (χ1) is 7.22. The number of carbonyl (C=O) groups excluding carboxylic acids is 1. The maximum Gasteiger partial charge on any atom is 0.358 e. The van der Waals surface area contributed by atoms with Gasteiger partial charge in [-0.3, -0.25) is 0 Å². The molecule has 82 valence electrons. The normalized spacial score (nSPS) is 9.80. The van der Waals surface area contributed by atoms with Crippen molar-refractivity contribution in [1.29, 1.82) is 0 Å². The summed E-state index contributed by atoms with van der Waals surface area (Å²) in [5.41, 5.74) is 0.230. The zero-order valence-electron chi connectivity index (χ0n) is 9.23. The first-order valence-electron chi connectivity index (χ1n) is 4.88. The first-order valence-corrected chi connectivity index (χ1v) is 4.88. The Kier molecular flexibility index (Phi) is 4.03. The number of hydrogen-bond donors (Lipinski definition) is 0. The lowest BCUT2D eigenvalue weighted by atomic mass is 10.4. The summed E-state index contributed by atoms with van der Waals surface area (Å²) in [6, 6.07) is 0. The van der Waals surface area contributed by atoms with Crippen LogP contribution < -0.4 is 4.90 Å². The number of nitrogens with zero attached hydrogens (tertiary/aromatic N) is 3. The van der Waals surface area contributed by atoms with Gasteiger partial charge in [-0.25, -0.2) is 14.8 Å². The number of ether oxygens (including phenoxy) is 1. The number of methoxy groups -OCH3 is 1. The maximum absolute atomic E-state index is 11.1. The second-order valence-corrected chi connectivity index (χ2v) is 2.92. The molecule has 0 bridgehead atoms. The molecule has 0 N–H and O–H groups in total. The summed E-state index contributed by atoms with van der Waals surface area (Å²) < 4.78 is 4.53.